The molecule has 1 aromatic heterocycles. The molecule has 1 unspecified atom stereocenters. The van der Waals surface area contributed by atoms with Gasteiger partial charge in [-0.3, -0.25) is 9.89 Å². The summed E-state index contributed by atoms with van der Waals surface area (Å²) in [6.45, 7) is 9.02. The van der Waals surface area contributed by atoms with Crippen LogP contribution >= 0.6 is 0 Å². The molecule has 3 N–H and O–H groups in total. The van der Waals surface area contributed by atoms with Crippen molar-refractivity contribution in [2.75, 3.05) is 12.3 Å². The van der Waals surface area contributed by atoms with Crippen LogP contribution in [-0.2, 0) is 6.42 Å². The Hall–Kier alpha value is -1.52. The van der Waals surface area contributed by atoms with Gasteiger partial charge in [0.25, 0.3) is 5.91 Å². The number of aromatic nitrogens is 2. The molecule has 0 aliphatic heterocycles. The van der Waals surface area contributed by atoms with E-state index >= 15 is 0 Å². The SMILES string of the molecule is CCCCN(C(=O)c1n[nH]c(CC)c1N)C(C)CC. The molecule has 0 saturated carbocycles. The molecular weight excluding hydrogens is 240 g/mol. The molecule has 108 valence electrons. The lowest BCUT2D eigenvalue weighted by atomic mass is 10.1. The summed E-state index contributed by atoms with van der Waals surface area (Å²) in [7, 11) is 0. The van der Waals surface area contributed by atoms with Crippen LogP contribution in [0.25, 0.3) is 0 Å². The van der Waals surface area contributed by atoms with Crippen LogP contribution in [0, 0.1) is 0 Å². The summed E-state index contributed by atoms with van der Waals surface area (Å²) >= 11 is 0. The maximum atomic E-state index is 12.6. The predicted octanol–water partition coefficient (Wildman–Crippen LogP) is 2.60. The lowest BCUT2D eigenvalue weighted by Crippen LogP contribution is -2.39. The molecular formula is C14H26N4O. The van der Waals surface area contributed by atoms with E-state index < -0.39 is 0 Å². The summed E-state index contributed by atoms with van der Waals surface area (Å²) in [6, 6.07) is 0.209. The molecule has 1 heterocycles. The quantitative estimate of drug-likeness (QED) is 0.796. The smallest absolute Gasteiger partial charge is 0.276 e. The van der Waals surface area contributed by atoms with E-state index in [9.17, 15) is 4.79 Å². The fraction of sp³-hybridized carbons (Fsp3) is 0.714. The standard InChI is InChI=1S/C14H26N4O/c1-5-8-9-18(10(4)6-2)14(19)13-12(15)11(7-3)16-17-13/h10H,5-9,15H2,1-4H3,(H,16,17). The molecule has 1 aromatic rings. The van der Waals surface area contributed by atoms with Crippen molar-refractivity contribution in [3.63, 3.8) is 0 Å². The number of nitrogen functional groups attached to an aromatic ring is 1. The Morgan fingerprint density at radius 1 is 1.42 bits per heavy atom. The van der Waals surface area contributed by atoms with Gasteiger partial charge >= 0.3 is 0 Å². The molecule has 1 rings (SSSR count). The molecule has 0 aliphatic carbocycles. The first-order valence-corrected chi connectivity index (χ1v) is 7.20. The number of nitrogens with two attached hydrogens (primary N) is 1. The summed E-state index contributed by atoms with van der Waals surface area (Å²) in [5.74, 6) is -0.0590. The first-order valence-electron chi connectivity index (χ1n) is 7.20. The number of aryl methyl sites for hydroxylation is 1. The van der Waals surface area contributed by atoms with Crippen LogP contribution in [0.4, 0.5) is 5.69 Å². The number of aromatic amines is 1. The monoisotopic (exact) mass is 266 g/mol. The lowest BCUT2D eigenvalue weighted by molar-refractivity contribution is 0.0680. The minimum absolute atomic E-state index is 0.0590. The van der Waals surface area contributed by atoms with Gasteiger partial charge in [-0.15, -0.1) is 0 Å². The van der Waals surface area contributed by atoms with Crippen molar-refractivity contribution in [3.05, 3.63) is 11.4 Å². The number of nitrogens with zero attached hydrogens (tertiary/aromatic N) is 2. The molecule has 5 heteroatoms. The van der Waals surface area contributed by atoms with Crippen molar-refractivity contribution in [2.45, 2.75) is 59.4 Å². The molecule has 0 bridgehead atoms. The highest BCUT2D eigenvalue weighted by Crippen LogP contribution is 2.18. The molecule has 0 spiro atoms. The minimum Gasteiger partial charge on any atom is -0.395 e. The van der Waals surface area contributed by atoms with E-state index in [0.29, 0.717) is 11.4 Å². The Balaban J connectivity index is 2.94. The number of nitrogens with one attached hydrogen (secondary N) is 1. The van der Waals surface area contributed by atoms with Gasteiger partial charge in [-0.2, -0.15) is 5.10 Å². The highest BCUT2D eigenvalue weighted by molar-refractivity contribution is 5.97. The van der Waals surface area contributed by atoms with E-state index in [0.717, 1.165) is 37.9 Å². The maximum absolute atomic E-state index is 12.6. The fourth-order valence-corrected chi connectivity index (χ4v) is 2.03. The van der Waals surface area contributed by atoms with Crippen LogP contribution in [0.2, 0.25) is 0 Å². The summed E-state index contributed by atoms with van der Waals surface area (Å²) in [5.41, 5.74) is 7.68. The van der Waals surface area contributed by atoms with Crippen molar-refractivity contribution in [3.8, 4) is 0 Å². The van der Waals surface area contributed by atoms with Crippen molar-refractivity contribution in [1.29, 1.82) is 0 Å². The molecule has 0 aliphatic rings. The lowest BCUT2D eigenvalue weighted by Gasteiger charge is -2.28. The van der Waals surface area contributed by atoms with Crippen LogP contribution < -0.4 is 5.73 Å². The molecule has 0 radical (unpaired) electrons. The van der Waals surface area contributed by atoms with Gasteiger partial charge in [0.2, 0.25) is 0 Å². The van der Waals surface area contributed by atoms with Crippen LogP contribution in [0.3, 0.4) is 0 Å². The zero-order valence-electron chi connectivity index (χ0n) is 12.5. The largest absolute Gasteiger partial charge is 0.395 e. The number of carbonyl (C=O) groups is 1. The van der Waals surface area contributed by atoms with Gasteiger partial charge in [-0.05, 0) is 26.2 Å². The third-order valence-corrected chi connectivity index (χ3v) is 3.58. The number of carbonyl (C=O) groups excluding carboxylic acids is 1. The van der Waals surface area contributed by atoms with Gasteiger partial charge in [0.1, 0.15) is 0 Å². The zero-order valence-corrected chi connectivity index (χ0v) is 12.5. The van der Waals surface area contributed by atoms with E-state index in [1.165, 1.54) is 0 Å². The number of anilines is 1. The molecule has 19 heavy (non-hydrogen) atoms. The number of hydrogen-bond acceptors (Lipinski definition) is 3. The van der Waals surface area contributed by atoms with Gasteiger partial charge < -0.3 is 10.6 Å². The topological polar surface area (TPSA) is 75.0 Å². The number of amides is 1. The molecule has 1 amide bonds. The van der Waals surface area contributed by atoms with Gasteiger partial charge in [0, 0.05) is 12.6 Å². The summed E-state index contributed by atoms with van der Waals surface area (Å²) in [6.07, 6.45) is 3.75. The molecule has 0 aromatic carbocycles. The predicted molar refractivity (Wildman–Crippen MR) is 78.1 cm³/mol. The van der Waals surface area contributed by atoms with E-state index in [1.807, 2.05) is 11.8 Å². The average molecular weight is 266 g/mol. The van der Waals surface area contributed by atoms with E-state index in [2.05, 4.69) is 31.0 Å². The molecule has 5 nitrogen and oxygen atoms in total. The van der Waals surface area contributed by atoms with Gasteiger partial charge in [0.15, 0.2) is 5.69 Å². The molecule has 0 fully saturated rings. The van der Waals surface area contributed by atoms with E-state index in [4.69, 9.17) is 5.73 Å². The van der Waals surface area contributed by atoms with Crippen LogP contribution in [0.15, 0.2) is 0 Å². The minimum atomic E-state index is -0.0590. The number of rotatable bonds is 7. The summed E-state index contributed by atoms with van der Waals surface area (Å²) in [5, 5.41) is 6.94. The summed E-state index contributed by atoms with van der Waals surface area (Å²) in [4.78, 5) is 14.4. The fourth-order valence-electron chi connectivity index (χ4n) is 2.03. The number of unbranched alkanes of at least 4 members (excludes halogenated alkanes) is 1. The van der Waals surface area contributed by atoms with Crippen molar-refractivity contribution < 1.29 is 4.79 Å². The second-order valence-electron chi connectivity index (χ2n) is 4.93. The van der Waals surface area contributed by atoms with Crippen molar-refractivity contribution in [1.82, 2.24) is 15.1 Å². The Morgan fingerprint density at radius 3 is 2.58 bits per heavy atom. The van der Waals surface area contributed by atoms with E-state index in [-0.39, 0.29) is 11.9 Å². The van der Waals surface area contributed by atoms with Gasteiger partial charge in [-0.25, -0.2) is 0 Å². The third kappa shape index (κ3) is 3.49. The van der Waals surface area contributed by atoms with Gasteiger partial charge in [-0.1, -0.05) is 27.2 Å². The van der Waals surface area contributed by atoms with Crippen molar-refractivity contribution >= 4 is 11.6 Å². The maximum Gasteiger partial charge on any atom is 0.276 e. The van der Waals surface area contributed by atoms with Gasteiger partial charge in [0.05, 0.1) is 11.4 Å². The summed E-state index contributed by atoms with van der Waals surface area (Å²) < 4.78 is 0. The first-order chi connectivity index (χ1) is 9.06. The van der Waals surface area contributed by atoms with Crippen molar-refractivity contribution in [2.24, 2.45) is 0 Å². The highest BCUT2D eigenvalue weighted by atomic mass is 16.2. The first kappa shape index (κ1) is 15.5. The second kappa shape index (κ2) is 7.16. The van der Waals surface area contributed by atoms with Crippen LogP contribution in [0.5, 0.6) is 0 Å². The second-order valence-corrected chi connectivity index (χ2v) is 4.93. The number of hydrogen-bond donors (Lipinski definition) is 2. The van der Waals surface area contributed by atoms with Crippen LogP contribution in [0.1, 0.15) is 63.1 Å². The third-order valence-electron chi connectivity index (χ3n) is 3.58. The Kier molecular flexibility index (Phi) is 5.86. The molecule has 0 saturated heterocycles. The zero-order chi connectivity index (χ0) is 14.4. The Morgan fingerprint density at radius 2 is 2.11 bits per heavy atom. The Labute approximate surface area is 115 Å². The Bertz CT molecular complexity index is 414. The highest BCUT2D eigenvalue weighted by Gasteiger charge is 2.25. The van der Waals surface area contributed by atoms with Crippen LogP contribution in [-0.4, -0.2) is 33.6 Å². The normalized spacial score (nSPS) is 12.4. The molecule has 1 atom stereocenters. The number of H-pyrrole nitrogens is 1. The van der Waals surface area contributed by atoms with E-state index in [1.54, 1.807) is 0 Å². The average Bonchev–Trinajstić information content (AvgIpc) is 2.79.